The van der Waals surface area contributed by atoms with Gasteiger partial charge in [-0.2, -0.15) is 0 Å². The van der Waals surface area contributed by atoms with Crippen LogP contribution in [0.2, 0.25) is 5.15 Å². The quantitative estimate of drug-likeness (QED) is 0.384. The molecular weight excluding hydrogens is 320 g/mol. The topological polar surface area (TPSA) is 34.9 Å². The van der Waals surface area contributed by atoms with Crippen molar-refractivity contribution < 1.29 is 4.79 Å². The normalized spacial score (nSPS) is 10.9. The summed E-state index contributed by atoms with van der Waals surface area (Å²) in [6.45, 7) is 0. The average Bonchev–Trinajstić information content (AvgIpc) is 3.05. The first-order chi connectivity index (χ1) is 11.8. The van der Waals surface area contributed by atoms with Crippen LogP contribution in [0, 0.1) is 0 Å². The maximum absolute atomic E-state index is 10.8. The number of benzene rings is 2. The van der Waals surface area contributed by atoms with E-state index < -0.39 is 0 Å². The summed E-state index contributed by atoms with van der Waals surface area (Å²) in [4.78, 5) is 15.4. The lowest BCUT2D eigenvalue weighted by Crippen LogP contribution is -1.94. The van der Waals surface area contributed by atoms with Gasteiger partial charge in [0.1, 0.15) is 17.1 Å². The maximum Gasteiger partial charge on any atom is 0.150 e. The highest BCUT2D eigenvalue weighted by Crippen LogP contribution is 2.32. The molecule has 4 aromatic rings. The van der Waals surface area contributed by atoms with Crippen molar-refractivity contribution in [1.29, 1.82) is 0 Å². The lowest BCUT2D eigenvalue weighted by atomic mass is 10.0. The molecule has 0 unspecified atom stereocenters. The van der Waals surface area contributed by atoms with Crippen molar-refractivity contribution in [3.63, 3.8) is 0 Å². The van der Waals surface area contributed by atoms with Crippen LogP contribution in [0.4, 0.5) is 0 Å². The molecule has 4 heteroatoms. The second-order valence-corrected chi connectivity index (χ2v) is 5.88. The summed E-state index contributed by atoms with van der Waals surface area (Å²) in [5, 5.41) is 1.45. The number of nitrogens with zero attached hydrogens (tertiary/aromatic N) is 2. The molecule has 0 amide bonds. The molecule has 2 aromatic heterocycles. The molecule has 0 atom stereocenters. The van der Waals surface area contributed by atoms with Gasteiger partial charge in [-0.05, 0) is 35.4 Å². The highest BCUT2D eigenvalue weighted by molar-refractivity contribution is 6.30. The van der Waals surface area contributed by atoms with Crippen LogP contribution in [-0.4, -0.2) is 15.8 Å². The zero-order valence-corrected chi connectivity index (χ0v) is 13.4. The Balaban J connectivity index is 1.94. The minimum Gasteiger partial charge on any atom is -0.301 e. The summed E-state index contributed by atoms with van der Waals surface area (Å²) in [5.74, 6) is 0. The van der Waals surface area contributed by atoms with E-state index in [2.05, 4.69) is 4.98 Å². The fourth-order valence-electron chi connectivity index (χ4n) is 2.86. The smallest absolute Gasteiger partial charge is 0.150 e. The number of fused-ring (bicyclic) bond motifs is 1. The minimum atomic E-state index is 0.438. The molecule has 0 N–H and O–H groups in total. The molecule has 0 radical (unpaired) electrons. The van der Waals surface area contributed by atoms with Crippen molar-refractivity contribution in [2.75, 3.05) is 0 Å². The van der Waals surface area contributed by atoms with Gasteiger partial charge in [0, 0.05) is 22.8 Å². The van der Waals surface area contributed by atoms with Crippen LogP contribution < -0.4 is 0 Å². The fourth-order valence-corrected chi connectivity index (χ4v) is 3.04. The van der Waals surface area contributed by atoms with Crippen LogP contribution in [-0.2, 0) is 0 Å². The molecule has 2 heterocycles. The molecule has 4 rings (SSSR count). The van der Waals surface area contributed by atoms with Crippen LogP contribution >= 0.6 is 11.6 Å². The van der Waals surface area contributed by atoms with Gasteiger partial charge in [-0.3, -0.25) is 4.79 Å². The molecule has 0 aliphatic carbocycles. The number of hydrogen-bond donors (Lipinski definition) is 0. The predicted molar refractivity (Wildman–Crippen MR) is 96.9 cm³/mol. The van der Waals surface area contributed by atoms with E-state index in [0.717, 1.165) is 34.1 Å². The number of para-hydroxylation sites is 1. The fraction of sp³-hybridized carbons (Fsp3) is 0. The maximum atomic E-state index is 10.8. The van der Waals surface area contributed by atoms with E-state index in [0.29, 0.717) is 10.7 Å². The second kappa shape index (κ2) is 5.95. The van der Waals surface area contributed by atoms with Gasteiger partial charge in [-0.25, -0.2) is 4.98 Å². The van der Waals surface area contributed by atoms with Crippen molar-refractivity contribution in [3.8, 4) is 16.8 Å². The number of rotatable bonds is 3. The SMILES string of the molecule is O=Cc1ccc(-c2cc(Cl)nc3c2ccn3-c2ccccc2)cc1. The lowest BCUT2D eigenvalue weighted by molar-refractivity contribution is 0.112. The first kappa shape index (κ1) is 14.7. The Morgan fingerprint density at radius 1 is 0.958 bits per heavy atom. The van der Waals surface area contributed by atoms with Crippen molar-refractivity contribution in [2.24, 2.45) is 0 Å². The van der Waals surface area contributed by atoms with E-state index >= 15 is 0 Å². The number of halogens is 1. The molecule has 0 fully saturated rings. The molecular formula is C20H13ClN2O. The molecule has 0 bridgehead atoms. The Kier molecular flexibility index (Phi) is 3.63. The average molecular weight is 333 g/mol. The third kappa shape index (κ3) is 2.49. The summed E-state index contributed by atoms with van der Waals surface area (Å²) < 4.78 is 2.02. The van der Waals surface area contributed by atoms with Crippen LogP contribution in [0.25, 0.3) is 27.8 Å². The van der Waals surface area contributed by atoms with E-state index in [1.807, 2.05) is 65.4 Å². The van der Waals surface area contributed by atoms with Crippen LogP contribution in [0.3, 0.4) is 0 Å². The number of aldehydes is 1. The molecule has 0 saturated carbocycles. The van der Waals surface area contributed by atoms with Crippen LogP contribution in [0.15, 0.2) is 72.9 Å². The van der Waals surface area contributed by atoms with Gasteiger partial charge in [-0.1, -0.05) is 54.1 Å². The van der Waals surface area contributed by atoms with Crippen LogP contribution in [0.5, 0.6) is 0 Å². The zero-order chi connectivity index (χ0) is 16.5. The van der Waals surface area contributed by atoms with Gasteiger partial charge in [0.05, 0.1) is 0 Å². The lowest BCUT2D eigenvalue weighted by Gasteiger charge is -2.08. The summed E-state index contributed by atoms with van der Waals surface area (Å²) in [7, 11) is 0. The van der Waals surface area contributed by atoms with E-state index in [9.17, 15) is 4.79 Å². The van der Waals surface area contributed by atoms with Crippen molar-refractivity contribution in [3.05, 3.63) is 83.6 Å². The molecule has 0 spiro atoms. The third-order valence-electron chi connectivity index (χ3n) is 4.02. The first-order valence-corrected chi connectivity index (χ1v) is 7.93. The van der Waals surface area contributed by atoms with Crippen LogP contribution in [0.1, 0.15) is 10.4 Å². The van der Waals surface area contributed by atoms with Gasteiger partial charge in [-0.15, -0.1) is 0 Å². The summed E-state index contributed by atoms with van der Waals surface area (Å²) in [5.41, 5.74) is 4.49. The van der Waals surface area contributed by atoms with Gasteiger partial charge < -0.3 is 4.57 Å². The Labute approximate surface area is 144 Å². The van der Waals surface area contributed by atoms with E-state index in [1.165, 1.54) is 0 Å². The second-order valence-electron chi connectivity index (χ2n) is 5.49. The zero-order valence-electron chi connectivity index (χ0n) is 12.7. The largest absolute Gasteiger partial charge is 0.301 e. The molecule has 2 aromatic carbocycles. The number of carbonyl (C=O) groups excluding carboxylic acids is 1. The van der Waals surface area contributed by atoms with Gasteiger partial charge >= 0.3 is 0 Å². The summed E-state index contributed by atoms with van der Waals surface area (Å²) in [6, 6.07) is 21.4. The minimum absolute atomic E-state index is 0.438. The summed E-state index contributed by atoms with van der Waals surface area (Å²) >= 11 is 6.27. The number of pyridine rings is 1. The van der Waals surface area contributed by atoms with Gasteiger partial charge in [0.2, 0.25) is 0 Å². The molecule has 0 saturated heterocycles. The first-order valence-electron chi connectivity index (χ1n) is 7.55. The van der Waals surface area contributed by atoms with E-state index in [-0.39, 0.29) is 0 Å². The Hall–Kier alpha value is -2.91. The Bertz CT molecular complexity index is 1020. The highest BCUT2D eigenvalue weighted by atomic mass is 35.5. The monoisotopic (exact) mass is 332 g/mol. The van der Waals surface area contributed by atoms with E-state index in [4.69, 9.17) is 11.6 Å². The standard InChI is InChI=1S/C20H13ClN2O/c21-19-12-18(15-8-6-14(13-24)7-9-15)17-10-11-23(20(17)22-19)16-4-2-1-3-5-16/h1-13H. The number of aromatic nitrogens is 2. The molecule has 3 nitrogen and oxygen atoms in total. The van der Waals surface area contributed by atoms with Gasteiger partial charge in [0.25, 0.3) is 0 Å². The van der Waals surface area contributed by atoms with Crippen molar-refractivity contribution in [1.82, 2.24) is 9.55 Å². The Morgan fingerprint density at radius 3 is 2.42 bits per heavy atom. The third-order valence-corrected chi connectivity index (χ3v) is 4.21. The molecule has 116 valence electrons. The van der Waals surface area contributed by atoms with E-state index in [1.54, 1.807) is 12.1 Å². The van der Waals surface area contributed by atoms with Gasteiger partial charge in [0.15, 0.2) is 0 Å². The molecule has 0 aliphatic rings. The molecule has 0 aliphatic heterocycles. The summed E-state index contributed by atoms with van der Waals surface area (Å²) in [6.07, 6.45) is 2.83. The van der Waals surface area contributed by atoms with Crippen molar-refractivity contribution in [2.45, 2.75) is 0 Å². The Morgan fingerprint density at radius 2 is 1.71 bits per heavy atom. The molecule has 24 heavy (non-hydrogen) atoms. The number of hydrogen-bond acceptors (Lipinski definition) is 2. The highest BCUT2D eigenvalue weighted by Gasteiger charge is 2.12. The van der Waals surface area contributed by atoms with Crippen molar-refractivity contribution >= 4 is 28.9 Å². The number of carbonyl (C=O) groups is 1. The predicted octanol–water partition coefficient (Wildman–Crippen LogP) is 5.16.